The number of benzene rings is 2. The highest BCUT2D eigenvalue weighted by molar-refractivity contribution is 5.91. The Morgan fingerprint density at radius 2 is 1.83 bits per heavy atom. The van der Waals surface area contributed by atoms with Crippen LogP contribution in [0.1, 0.15) is 10.5 Å². The maximum atomic E-state index is 12.7. The van der Waals surface area contributed by atoms with Gasteiger partial charge in [-0.1, -0.05) is 36.4 Å². The molecule has 3 rings (SSSR count). The van der Waals surface area contributed by atoms with Crippen molar-refractivity contribution in [3.8, 4) is 28.1 Å². The van der Waals surface area contributed by atoms with E-state index in [0.29, 0.717) is 5.56 Å². The number of carbonyl (C=O) groups is 1. The highest BCUT2D eigenvalue weighted by Crippen LogP contribution is 2.34. The number of alkyl halides is 3. The fraction of sp³-hybridized carbons (Fsp3) is 0.150. The number of nitrogens with two attached hydrogens (primary N) is 1. The van der Waals surface area contributed by atoms with E-state index in [0.717, 1.165) is 10.8 Å². The summed E-state index contributed by atoms with van der Waals surface area (Å²) in [7, 11) is 0. The Kier molecular flexibility index (Phi) is 5.88. The average Bonchev–Trinajstić information content (AvgIpc) is 2.69. The van der Waals surface area contributed by atoms with Crippen molar-refractivity contribution in [2.24, 2.45) is 5.73 Å². The van der Waals surface area contributed by atoms with E-state index in [1.54, 1.807) is 12.1 Å². The van der Waals surface area contributed by atoms with Gasteiger partial charge in [0.05, 0.1) is 6.61 Å². The third-order valence-corrected chi connectivity index (χ3v) is 4.13. The number of carbonyl (C=O) groups excluding carboxylic acids is 1. The quantitative estimate of drug-likeness (QED) is 0.639. The molecule has 0 spiro atoms. The van der Waals surface area contributed by atoms with Crippen molar-refractivity contribution in [1.29, 1.82) is 0 Å². The number of para-hydroxylation sites is 1. The summed E-state index contributed by atoms with van der Waals surface area (Å²) >= 11 is 0. The molecule has 0 saturated carbocycles. The molecule has 3 N–H and O–H groups in total. The lowest BCUT2D eigenvalue weighted by Gasteiger charge is -2.14. The van der Waals surface area contributed by atoms with Crippen molar-refractivity contribution in [2.45, 2.75) is 12.9 Å². The molecule has 156 valence electrons. The Labute approximate surface area is 168 Å². The Bertz CT molecular complexity index is 1140. The van der Waals surface area contributed by atoms with Gasteiger partial charge in [-0.3, -0.25) is 9.59 Å². The summed E-state index contributed by atoms with van der Waals surface area (Å²) in [6.45, 7) is -0.444. The van der Waals surface area contributed by atoms with Crippen LogP contribution in [0, 0.1) is 0 Å². The van der Waals surface area contributed by atoms with Gasteiger partial charge in [-0.2, -0.15) is 0 Å². The zero-order chi connectivity index (χ0) is 21.9. The summed E-state index contributed by atoms with van der Waals surface area (Å²) in [5.74, 6) is -1.28. The average molecular weight is 419 g/mol. The standard InChI is InChI=1S/C20H16F3N3O4/c21-20(22,23)30-16-7-2-1-6-14(16)12-4-3-5-13(10-12)17-19(29)26(8-9-27)11-15(25-17)18(24)28/h1-7,10-11,27H,8-9H2,(H2,24,28). The van der Waals surface area contributed by atoms with Crippen molar-refractivity contribution < 1.29 is 27.8 Å². The second kappa shape index (κ2) is 8.37. The van der Waals surface area contributed by atoms with E-state index in [-0.39, 0.29) is 35.7 Å². The van der Waals surface area contributed by atoms with Crippen LogP contribution in [0.5, 0.6) is 5.75 Å². The third kappa shape index (κ3) is 4.66. The van der Waals surface area contributed by atoms with Gasteiger partial charge in [0, 0.05) is 23.9 Å². The molecule has 0 atom stereocenters. The van der Waals surface area contributed by atoms with E-state index in [2.05, 4.69) is 9.72 Å². The van der Waals surface area contributed by atoms with Gasteiger partial charge in [-0.15, -0.1) is 13.2 Å². The molecule has 0 aliphatic carbocycles. The van der Waals surface area contributed by atoms with Crippen molar-refractivity contribution in [2.75, 3.05) is 6.61 Å². The number of aliphatic hydroxyl groups is 1. The van der Waals surface area contributed by atoms with Gasteiger partial charge in [-0.05, 0) is 17.7 Å². The summed E-state index contributed by atoms with van der Waals surface area (Å²) in [6.07, 6.45) is -3.73. The molecule has 10 heteroatoms. The van der Waals surface area contributed by atoms with Gasteiger partial charge >= 0.3 is 6.36 Å². The molecular weight excluding hydrogens is 403 g/mol. The summed E-state index contributed by atoms with van der Waals surface area (Å²) in [5.41, 5.74) is 5.11. The third-order valence-electron chi connectivity index (χ3n) is 4.13. The van der Waals surface area contributed by atoms with Crippen molar-refractivity contribution >= 4 is 5.91 Å². The molecule has 3 aromatic rings. The van der Waals surface area contributed by atoms with E-state index in [1.807, 2.05) is 0 Å². The van der Waals surface area contributed by atoms with Gasteiger partial charge in [0.1, 0.15) is 17.1 Å². The van der Waals surface area contributed by atoms with Crippen LogP contribution in [0.3, 0.4) is 0 Å². The van der Waals surface area contributed by atoms with Crippen LogP contribution in [0.4, 0.5) is 13.2 Å². The topological polar surface area (TPSA) is 107 Å². The van der Waals surface area contributed by atoms with Gasteiger partial charge < -0.3 is 20.1 Å². The van der Waals surface area contributed by atoms with Crippen LogP contribution in [0.2, 0.25) is 0 Å². The lowest BCUT2D eigenvalue weighted by molar-refractivity contribution is -0.274. The number of primary amides is 1. The molecule has 0 fully saturated rings. The van der Waals surface area contributed by atoms with Gasteiger partial charge in [0.25, 0.3) is 11.5 Å². The smallest absolute Gasteiger partial charge is 0.405 e. The maximum Gasteiger partial charge on any atom is 0.573 e. The van der Waals surface area contributed by atoms with Crippen LogP contribution in [0.15, 0.2) is 59.5 Å². The second-order valence-corrected chi connectivity index (χ2v) is 6.19. The molecule has 1 amide bonds. The van der Waals surface area contributed by atoms with Crippen LogP contribution >= 0.6 is 0 Å². The van der Waals surface area contributed by atoms with Crippen LogP contribution in [-0.4, -0.2) is 33.5 Å². The number of aromatic nitrogens is 2. The van der Waals surface area contributed by atoms with E-state index < -0.39 is 23.6 Å². The fourth-order valence-electron chi connectivity index (χ4n) is 2.87. The molecule has 0 bridgehead atoms. The molecule has 7 nitrogen and oxygen atoms in total. The summed E-state index contributed by atoms with van der Waals surface area (Å²) in [4.78, 5) is 28.3. The first-order valence-electron chi connectivity index (χ1n) is 8.67. The molecule has 0 unspecified atom stereocenters. The number of aliphatic hydroxyl groups excluding tert-OH is 1. The molecule has 0 saturated heterocycles. The Balaban J connectivity index is 2.14. The van der Waals surface area contributed by atoms with Gasteiger partial charge in [-0.25, -0.2) is 4.98 Å². The normalized spacial score (nSPS) is 11.3. The first-order chi connectivity index (χ1) is 14.2. The minimum absolute atomic E-state index is 0.0867. The molecule has 0 radical (unpaired) electrons. The van der Waals surface area contributed by atoms with E-state index in [4.69, 9.17) is 10.8 Å². The maximum absolute atomic E-state index is 12.7. The number of ether oxygens (including phenoxy) is 1. The Morgan fingerprint density at radius 3 is 2.50 bits per heavy atom. The molecule has 2 aromatic carbocycles. The van der Waals surface area contributed by atoms with Crippen LogP contribution in [0.25, 0.3) is 22.4 Å². The number of halogens is 3. The van der Waals surface area contributed by atoms with Crippen molar-refractivity contribution in [3.05, 3.63) is 70.8 Å². The second-order valence-electron chi connectivity index (χ2n) is 6.19. The molecule has 1 aromatic heterocycles. The predicted octanol–water partition coefficient (Wildman–Crippen LogP) is 2.57. The summed E-state index contributed by atoms with van der Waals surface area (Å²) < 4.78 is 43.4. The number of amides is 1. The zero-order valence-corrected chi connectivity index (χ0v) is 15.4. The van der Waals surface area contributed by atoms with Gasteiger partial charge in [0.2, 0.25) is 0 Å². The highest BCUT2D eigenvalue weighted by atomic mass is 19.4. The lowest BCUT2D eigenvalue weighted by atomic mass is 10.0. The fourth-order valence-corrected chi connectivity index (χ4v) is 2.87. The lowest BCUT2D eigenvalue weighted by Crippen LogP contribution is -2.28. The van der Waals surface area contributed by atoms with Crippen molar-refractivity contribution in [3.63, 3.8) is 0 Å². The monoisotopic (exact) mass is 419 g/mol. The minimum atomic E-state index is -4.87. The SMILES string of the molecule is NC(=O)c1cn(CCO)c(=O)c(-c2cccc(-c3ccccc3OC(F)(F)F)c2)n1. The summed E-state index contributed by atoms with van der Waals surface area (Å²) in [6, 6.07) is 11.6. The predicted molar refractivity (Wildman–Crippen MR) is 102 cm³/mol. The van der Waals surface area contributed by atoms with E-state index in [9.17, 15) is 22.8 Å². The van der Waals surface area contributed by atoms with E-state index in [1.165, 1.54) is 36.4 Å². The molecule has 0 aliphatic rings. The summed E-state index contributed by atoms with van der Waals surface area (Å²) in [5, 5.41) is 9.15. The molecular formula is C20H16F3N3O4. The zero-order valence-electron chi connectivity index (χ0n) is 15.4. The largest absolute Gasteiger partial charge is 0.573 e. The van der Waals surface area contributed by atoms with Crippen LogP contribution in [-0.2, 0) is 6.54 Å². The van der Waals surface area contributed by atoms with Gasteiger partial charge in [0.15, 0.2) is 0 Å². The highest BCUT2D eigenvalue weighted by Gasteiger charge is 2.32. The first kappa shape index (κ1) is 21.1. The molecule has 0 aliphatic heterocycles. The molecule has 1 heterocycles. The number of hydrogen-bond donors (Lipinski definition) is 2. The Morgan fingerprint density at radius 1 is 1.13 bits per heavy atom. The van der Waals surface area contributed by atoms with E-state index >= 15 is 0 Å². The minimum Gasteiger partial charge on any atom is -0.405 e. The Hall–Kier alpha value is -3.66. The number of hydrogen-bond acceptors (Lipinski definition) is 5. The molecule has 30 heavy (non-hydrogen) atoms. The van der Waals surface area contributed by atoms with Crippen molar-refractivity contribution in [1.82, 2.24) is 9.55 Å². The number of rotatable bonds is 6. The number of nitrogens with zero attached hydrogens (tertiary/aromatic N) is 2. The van der Waals surface area contributed by atoms with Crippen LogP contribution < -0.4 is 16.0 Å². The first-order valence-corrected chi connectivity index (χ1v) is 8.67.